The molecule has 0 aromatic heterocycles. The molecule has 0 radical (unpaired) electrons. The summed E-state index contributed by atoms with van der Waals surface area (Å²) >= 11 is 0. The second-order valence-electron chi connectivity index (χ2n) is 12.1. The Bertz CT molecular complexity index is 1000. The molecule has 8 atom stereocenters. The van der Waals surface area contributed by atoms with Gasteiger partial charge >= 0.3 is 17.9 Å². The van der Waals surface area contributed by atoms with Crippen molar-refractivity contribution in [3.63, 3.8) is 0 Å². The molecule has 3 aliphatic rings. The van der Waals surface area contributed by atoms with Crippen LogP contribution in [0, 0.1) is 22.7 Å². The molecule has 224 valence electrons. The van der Waals surface area contributed by atoms with Gasteiger partial charge in [0.05, 0.1) is 11.5 Å². The van der Waals surface area contributed by atoms with Crippen molar-refractivity contribution in [3.8, 4) is 0 Å². The first-order valence-electron chi connectivity index (χ1n) is 14.8. The Morgan fingerprint density at radius 2 is 1.75 bits per heavy atom. The van der Waals surface area contributed by atoms with Crippen LogP contribution in [0.5, 0.6) is 0 Å². The predicted molar refractivity (Wildman–Crippen MR) is 151 cm³/mol. The van der Waals surface area contributed by atoms with Gasteiger partial charge in [-0.2, -0.15) is 0 Å². The Kier molecular flexibility index (Phi) is 10.8. The number of carbonyl (C=O) groups is 3. The molecule has 2 fully saturated rings. The molecule has 0 amide bonds. The van der Waals surface area contributed by atoms with Crippen LogP contribution in [-0.2, 0) is 33.3 Å². The van der Waals surface area contributed by atoms with Gasteiger partial charge in [0, 0.05) is 25.8 Å². The molecule has 8 heteroatoms. The number of carbonyl (C=O) groups excluding carboxylic acids is 3. The SMILES string of the molecule is C=CC(=C)CC[C@]1(C)[C@H]2C[C@H](OC(=O)CCCCCCC)C=C3[C@H](OC(C)=O)O[C@H](OC(C)=O)[C@@]32[C@H](O)C[C@@H]1C. The van der Waals surface area contributed by atoms with Crippen LogP contribution in [0.3, 0.4) is 0 Å². The summed E-state index contributed by atoms with van der Waals surface area (Å²) in [5.41, 5.74) is -0.143. The minimum absolute atomic E-state index is 0.0794. The van der Waals surface area contributed by atoms with Crippen LogP contribution >= 0.6 is 0 Å². The average Bonchev–Trinajstić information content (AvgIpc) is 3.17. The van der Waals surface area contributed by atoms with Crippen molar-refractivity contribution in [1.82, 2.24) is 0 Å². The number of aliphatic hydroxyl groups is 1. The third kappa shape index (κ3) is 6.54. The van der Waals surface area contributed by atoms with Crippen molar-refractivity contribution < 1.29 is 38.4 Å². The lowest BCUT2D eigenvalue weighted by molar-refractivity contribution is -0.254. The fourth-order valence-corrected chi connectivity index (χ4v) is 7.11. The number of rotatable bonds is 13. The van der Waals surface area contributed by atoms with Crippen molar-refractivity contribution >= 4 is 17.9 Å². The summed E-state index contributed by atoms with van der Waals surface area (Å²) in [5.74, 6) is -1.66. The Morgan fingerprint density at radius 3 is 2.38 bits per heavy atom. The molecule has 40 heavy (non-hydrogen) atoms. The zero-order valence-corrected chi connectivity index (χ0v) is 24.9. The monoisotopic (exact) mass is 560 g/mol. The van der Waals surface area contributed by atoms with Gasteiger partial charge in [-0.25, -0.2) is 0 Å². The minimum Gasteiger partial charge on any atom is -0.458 e. The van der Waals surface area contributed by atoms with Gasteiger partial charge in [-0.1, -0.05) is 71.3 Å². The number of allylic oxidation sites excluding steroid dienone is 2. The molecule has 1 N–H and O–H groups in total. The van der Waals surface area contributed by atoms with Crippen LogP contribution in [-0.4, -0.2) is 47.8 Å². The number of unbranched alkanes of at least 4 members (excludes halogenated alkanes) is 4. The van der Waals surface area contributed by atoms with Crippen LogP contribution < -0.4 is 0 Å². The third-order valence-electron chi connectivity index (χ3n) is 9.44. The van der Waals surface area contributed by atoms with Crippen molar-refractivity contribution in [2.45, 2.75) is 124 Å². The number of hydrogen-bond acceptors (Lipinski definition) is 8. The largest absolute Gasteiger partial charge is 0.458 e. The van der Waals surface area contributed by atoms with E-state index in [9.17, 15) is 19.5 Å². The molecule has 1 saturated heterocycles. The summed E-state index contributed by atoms with van der Waals surface area (Å²) in [4.78, 5) is 37.2. The smallest absolute Gasteiger partial charge is 0.306 e. The van der Waals surface area contributed by atoms with Gasteiger partial charge in [0.25, 0.3) is 0 Å². The standard InChI is InChI=1S/C32H48O8/c1-8-10-11-12-13-14-28(36)39-24-18-25-29(37-22(5)33)40-30(38-23(6)34)32(25)26(19-24)31(7,16-15-20(3)9-2)21(4)17-27(32)35/h9,18,21,24,26-27,29-30,35H,2-3,8,10-17,19H2,1,4-7H3/t21-,24+,26+,27+,29+,30-,31-,32-/m0/s1. The first-order valence-corrected chi connectivity index (χ1v) is 14.8. The molecule has 0 bridgehead atoms. The van der Waals surface area contributed by atoms with Gasteiger partial charge in [-0.3, -0.25) is 19.1 Å². The van der Waals surface area contributed by atoms with E-state index in [-0.39, 0.29) is 23.2 Å². The van der Waals surface area contributed by atoms with Gasteiger partial charge < -0.3 is 19.3 Å². The molecule has 0 aromatic carbocycles. The van der Waals surface area contributed by atoms with Gasteiger partial charge in [-0.05, 0) is 55.4 Å². The highest BCUT2D eigenvalue weighted by atomic mass is 16.8. The molecule has 0 unspecified atom stereocenters. The zero-order chi connectivity index (χ0) is 29.7. The Balaban J connectivity index is 2.04. The van der Waals surface area contributed by atoms with Crippen LogP contribution in [0.15, 0.2) is 36.5 Å². The van der Waals surface area contributed by atoms with Crippen LogP contribution in [0.4, 0.5) is 0 Å². The highest BCUT2D eigenvalue weighted by molar-refractivity contribution is 5.70. The molecule has 8 nitrogen and oxygen atoms in total. The van der Waals surface area contributed by atoms with Crippen molar-refractivity contribution in [2.75, 3.05) is 0 Å². The predicted octanol–water partition coefficient (Wildman–Crippen LogP) is 5.93. The number of ether oxygens (including phenoxy) is 4. The normalized spacial score (nSPS) is 34.6. The molecule has 2 aliphatic carbocycles. The molecule has 3 rings (SSSR count). The quantitative estimate of drug-likeness (QED) is 0.0971. The van der Waals surface area contributed by atoms with E-state index in [1.165, 1.54) is 13.8 Å². The fourth-order valence-electron chi connectivity index (χ4n) is 7.11. The van der Waals surface area contributed by atoms with Crippen molar-refractivity contribution in [1.29, 1.82) is 0 Å². The lowest BCUT2D eigenvalue weighted by Gasteiger charge is -2.60. The Hall–Kier alpha value is -2.45. The van der Waals surface area contributed by atoms with E-state index in [1.807, 2.05) is 0 Å². The summed E-state index contributed by atoms with van der Waals surface area (Å²) in [7, 11) is 0. The van der Waals surface area contributed by atoms with Crippen LogP contribution in [0.1, 0.15) is 98.8 Å². The van der Waals surface area contributed by atoms with Gasteiger partial charge in [0.15, 0.2) is 0 Å². The molecule has 0 aromatic rings. The van der Waals surface area contributed by atoms with E-state index < -0.39 is 42.1 Å². The van der Waals surface area contributed by atoms with Crippen LogP contribution in [0.25, 0.3) is 0 Å². The van der Waals surface area contributed by atoms with Crippen LogP contribution in [0.2, 0.25) is 0 Å². The summed E-state index contributed by atoms with van der Waals surface area (Å²) in [6.45, 7) is 16.9. The second-order valence-corrected chi connectivity index (χ2v) is 12.1. The lowest BCUT2D eigenvalue weighted by atomic mass is 9.45. The first-order chi connectivity index (χ1) is 18.9. The molecule has 1 aliphatic heterocycles. The van der Waals surface area contributed by atoms with E-state index in [4.69, 9.17) is 18.9 Å². The number of esters is 3. The van der Waals surface area contributed by atoms with Gasteiger partial charge in [0.2, 0.25) is 12.6 Å². The molecule has 1 heterocycles. The van der Waals surface area contributed by atoms with E-state index >= 15 is 0 Å². The van der Waals surface area contributed by atoms with E-state index in [0.29, 0.717) is 31.3 Å². The second kappa shape index (κ2) is 13.5. The summed E-state index contributed by atoms with van der Waals surface area (Å²) in [6, 6.07) is 0. The number of aliphatic hydroxyl groups excluding tert-OH is 1. The van der Waals surface area contributed by atoms with Gasteiger partial charge in [-0.15, -0.1) is 0 Å². The maximum absolute atomic E-state index is 12.9. The van der Waals surface area contributed by atoms with E-state index in [2.05, 4.69) is 33.9 Å². The molecule has 1 saturated carbocycles. The maximum atomic E-state index is 12.9. The highest BCUT2D eigenvalue weighted by Gasteiger charge is 2.71. The first kappa shape index (κ1) is 32.1. The van der Waals surface area contributed by atoms with E-state index in [0.717, 1.165) is 44.1 Å². The van der Waals surface area contributed by atoms with E-state index in [1.54, 1.807) is 12.2 Å². The van der Waals surface area contributed by atoms with Gasteiger partial charge in [0.1, 0.15) is 6.10 Å². The lowest BCUT2D eigenvalue weighted by Crippen LogP contribution is -2.63. The Labute approximate surface area is 239 Å². The zero-order valence-electron chi connectivity index (χ0n) is 24.9. The average molecular weight is 561 g/mol. The molecule has 1 spiro atoms. The molecular weight excluding hydrogens is 512 g/mol. The fraction of sp³-hybridized carbons (Fsp3) is 0.719. The van der Waals surface area contributed by atoms with Crippen molar-refractivity contribution in [2.24, 2.45) is 22.7 Å². The minimum atomic E-state index is -1.17. The maximum Gasteiger partial charge on any atom is 0.306 e. The highest BCUT2D eigenvalue weighted by Crippen LogP contribution is 2.67. The Morgan fingerprint density at radius 1 is 1.07 bits per heavy atom. The van der Waals surface area contributed by atoms with Crippen molar-refractivity contribution in [3.05, 3.63) is 36.5 Å². The summed E-state index contributed by atoms with van der Waals surface area (Å²) < 4.78 is 23.4. The number of hydrogen-bond donors (Lipinski definition) is 1. The summed E-state index contributed by atoms with van der Waals surface area (Å²) in [6.07, 6.45) is 7.33. The topological polar surface area (TPSA) is 108 Å². The third-order valence-corrected chi connectivity index (χ3v) is 9.44. The summed E-state index contributed by atoms with van der Waals surface area (Å²) in [5, 5.41) is 11.8. The molecular formula is C32H48O8.